The van der Waals surface area contributed by atoms with Crippen LogP contribution in [0, 0.1) is 6.92 Å². The highest BCUT2D eigenvalue weighted by atomic mass is 16.5. The van der Waals surface area contributed by atoms with Crippen molar-refractivity contribution in [1.29, 1.82) is 0 Å². The van der Waals surface area contributed by atoms with Crippen LogP contribution in [0.1, 0.15) is 36.9 Å². The number of ether oxygens (including phenoxy) is 1. The fourth-order valence-electron chi connectivity index (χ4n) is 2.39. The number of aryl methyl sites for hydroxylation is 1. The lowest BCUT2D eigenvalue weighted by molar-refractivity contribution is 0.0670. The van der Waals surface area contributed by atoms with E-state index in [4.69, 9.17) is 4.74 Å². The fraction of sp³-hybridized carbons (Fsp3) is 0.571. The summed E-state index contributed by atoms with van der Waals surface area (Å²) in [5.41, 5.74) is 2.76. The molecule has 0 radical (unpaired) electrons. The monoisotopic (exact) mass is 219 g/mol. The standard InChI is InChI=1S/C14H21NO/c1-11-6-3-4-8-14(11)12(2)15-13-7-5-9-16-10-13/h3-4,6,8,12-13,15H,5,7,9-10H2,1-2H3. The highest BCUT2D eigenvalue weighted by molar-refractivity contribution is 5.28. The Bertz CT molecular complexity index is 331. The van der Waals surface area contributed by atoms with Crippen LogP contribution in [0.25, 0.3) is 0 Å². The largest absolute Gasteiger partial charge is 0.380 e. The second kappa shape index (κ2) is 5.46. The summed E-state index contributed by atoms with van der Waals surface area (Å²) in [7, 11) is 0. The summed E-state index contributed by atoms with van der Waals surface area (Å²) in [6.07, 6.45) is 2.41. The molecule has 0 bridgehead atoms. The molecule has 1 fully saturated rings. The molecule has 1 aromatic carbocycles. The van der Waals surface area contributed by atoms with Crippen LogP contribution in [-0.2, 0) is 4.74 Å². The molecule has 0 aromatic heterocycles. The first-order valence-electron chi connectivity index (χ1n) is 6.16. The molecular weight excluding hydrogens is 198 g/mol. The van der Waals surface area contributed by atoms with Crippen LogP contribution in [0.5, 0.6) is 0 Å². The molecule has 1 saturated heterocycles. The first-order valence-corrected chi connectivity index (χ1v) is 6.16. The molecule has 0 aliphatic carbocycles. The number of nitrogens with one attached hydrogen (secondary N) is 1. The molecule has 2 heteroatoms. The Morgan fingerprint density at radius 3 is 2.88 bits per heavy atom. The topological polar surface area (TPSA) is 21.3 Å². The lowest BCUT2D eigenvalue weighted by atomic mass is 10.0. The molecule has 0 saturated carbocycles. The van der Waals surface area contributed by atoms with Gasteiger partial charge in [0.15, 0.2) is 0 Å². The van der Waals surface area contributed by atoms with Gasteiger partial charge in [0.25, 0.3) is 0 Å². The van der Waals surface area contributed by atoms with Crippen molar-refractivity contribution < 1.29 is 4.74 Å². The molecule has 1 aliphatic rings. The Hall–Kier alpha value is -0.860. The quantitative estimate of drug-likeness (QED) is 0.844. The molecule has 1 aromatic rings. The maximum Gasteiger partial charge on any atom is 0.0619 e. The molecule has 2 nitrogen and oxygen atoms in total. The van der Waals surface area contributed by atoms with Gasteiger partial charge in [0.1, 0.15) is 0 Å². The highest BCUT2D eigenvalue weighted by Crippen LogP contribution is 2.18. The van der Waals surface area contributed by atoms with Crippen LogP contribution in [0.3, 0.4) is 0 Å². The van der Waals surface area contributed by atoms with Crippen molar-refractivity contribution in [3.63, 3.8) is 0 Å². The maximum absolute atomic E-state index is 5.49. The van der Waals surface area contributed by atoms with Crippen LogP contribution >= 0.6 is 0 Å². The summed E-state index contributed by atoms with van der Waals surface area (Å²) in [6, 6.07) is 9.51. The molecular formula is C14H21NO. The van der Waals surface area contributed by atoms with Gasteiger partial charge in [-0.3, -0.25) is 0 Å². The van der Waals surface area contributed by atoms with Crippen LogP contribution < -0.4 is 5.32 Å². The lowest BCUT2D eigenvalue weighted by Gasteiger charge is -2.27. The third-order valence-electron chi connectivity index (χ3n) is 3.30. The molecule has 1 N–H and O–H groups in total. The third-order valence-corrected chi connectivity index (χ3v) is 3.30. The van der Waals surface area contributed by atoms with Crippen molar-refractivity contribution in [3.8, 4) is 0 Å². The average molecular weight is 219 g/mol. The summed E-state index contributed by atoms with van der Waals surface area (Å²) in [5, 5.41) is 3.65. The molecule has 88 valence electrons. The van der Waals surface area contributed by atoms with E-state index in [0.717, 1.165) is 13.2 Å². The van der Waals surface area contributed by atoms with Gasteiger partial charge in [-0.15, -0.1) is 0 Å². The van der Waals surface area contributed by atoms with E-state index in [0.29, 0.717) is 12.1 Å². The van der Waals surface area contributed by atoms with E-state index in [1.807, 2.05) is 0 Å². The van der Waals surface area contributed by atoms with Gasteiger partial charge in [0.05, 0.1) is 6.61 Å². The summed E-state index contributed by atoms with van der Waals surface area (Å²) < 4.78 is 5.49. The molecule has 2 rings (SSSR count). The average Bonchev–Trinajstić information content (AvgIpc) is 2.31. The first kappa shape index (κ1) is 11.6. The SMILES string of the molecule is Cc1ccccc1C(C)NC1CCCOC1. The molecule has 0 amide bonds. The minimum atomic E-state index is 0.410. The van der Waals surface area contributed by atoms with E-state index in [1.54, 1.807) is 0 Å². The number of benzene rings is 1. The van der Waals surface area contributed by atoms with Gasteiger partial charge >= 0.3 is 0 Å². The zero-order chi connectivity index (χ0) is 11.4. The Balaban J connectivity index is 1.96. The molecule has 2 atom stereocenters. The predicted octanol–water partition coefficient (Wildman–Crippen LogP) is 2.82. The number of rotatable bonds is 3. The summed E-state index contributed by atoms with van der Waals surface area (Å²) in [6.45, 7) is 6.19. The van der Waals surface area contributed by atoms with E-state index in [2.05, 4.69) is 43.4 Å². The van der Waals surface area contributed by atoms with E-state index in [1.165, 1.54) is 24.0 Å². The Kier molecular flexibility index (Phi) is 3.97. The van der Waals surface area contributed by atoms with Gasteiger partial charge in [0, 0.05) is 18.7 Å². The third kappa shape index (κ3) is 2.83. The Labute approximate surface area is 98.0 Å². The summed E-state index contributed by atoms with van der Waals surface area (Å²) in [5.74, 6) is 0. The van der Waals surface area contributed by atoms with Crippen LogP contribution in [0.4, 0.5) is 0 Å². The van der Waals surface area contributed by atoms with Crippen molar-refractivity contribution in [2.75, 3.05) is 13.2 Å². The smallest absolute Gasteiger partial charge is 0.0619 e. The highest BCUT2D eigenvalue weighted by Gasteiger charge is 2.17. The first-order chi connectivity index (χ1) is 7.77. The van der Waals surface area contributed by atoms with Crippen molar-refractivity contribution in [2.45, 2.75) is 38.8 Å². The minimum Gasteiger partial charge on any atom is -0.380 e. The molecule has 2 unspecified atom stereocenters. The lowest BCUT2D eigenvalue weighted by Crippen LogP contribution is -2.38. The van der Waals surface area contributed by atoms with Gasteiger partial charge < -0.3 is 10.1 Å². The van der Waals surface area contributed by atoms with Crippen molar-refractivity contribution in [1.82, 2.24) is 5.32 Å². The van der Waals surface area contributed by atoms with Gasteiger partial charge in [-0.25, -0.2) is 0 Å². The second-order valence-electron chi connectivity index (χ2n) is 4.66. The summed E-state index contributed by atoms with van der Waals surface area (Å²) in [4.78, 5) is 0. The van der Waals surface area contributed by atoms with E-state index in [-0.39, 0.29) is 0 Å². The van der Waals surface area contributed by atoms with Crippen molar-refractivity contribution in [2.24, 2.45) is 0 Å². The molecule has 0 spiro atoms. The van der Waals surface area contributed by atoms with Gasteiger partial charge in [-0.1, -0.05) is 24.3 Å². The summed E-state index contributed by atoms with van der Waals surface area (Å²) >= 11 is 0. The van der Waals surface area contributed by atoms with Crippen LogP contribution in [-0.4, -0.2) is 19.3 Å². The van der Waals surface area contributed by atoms with E-state index < -0.39 is 0 Å². The predicted molar refractivity (Wildman–Crippen MR) is 66.6 cm³/mol. The zero-order valence-electron chi connectivity index (χ0n) is 10.2. The minimum absolute atomic E-state index is 0.410. The Morgan fingerprint density at radius 2 is 2.19 bits per heavy atom. The van der Waals surface area contributed by atoms with Crippen molar-refractivity contribution in [3.05, 3.63) is 35.4 Å². The number of hydrogen-bond donors (Lipinski definition) is 1. The Morgan fingerprint density at radius 1 is 1.38 bits per heavy atom. The molecule has 1 aliphatic heterocycles. The molecule has 1 heterocycles. The van der Waals surface area contributed by atoms with Gasteiger partial charge in [0.2, 0.25) is 0 Å². The normalized spacial score (nSPS) is 23.0. The van der Waals surface area contributed by atoms with Crippen LogP contribution in [0.15, 0.2) is 24.3 Å². The molecule has 16 heavy (non-hydrogen) atoms. The van der Waals surface area contributed by atoms with Gasteiger partial charge in [-0.2, -0.15) is 0 Å². The maximum atomic E-state index is 5.49. The van der Waals surface area contributed by atoms with Crippen LogP contribution in [0.2, 0.25) is 0 Å². The van der Waals surface area contributed by atoms with Gasteiger partial charge in [-0.05, 0) is 37.8 Å². The van der Waals surface area contributed by atoms with Crippen molar-refractivity contribution >= 4 is 0 Å². The number of hydrogen-bond acceptors (Lipinski definition) is 2. The van der Waals surface area contributed by atoms with E-state index >= 15 is 0 Å². The zero-order valence-corrected chi connectivity index (χ0v) is 10.2. The fourth-order valence-corrected chi connectivity index (χ4v) is 2.39. The second-order valence-corrected chi connectivity index (χ2v) is 4.66. The van der Waals surface area contributed by atoms with E-state index in [9.17, 15) is 0 Å².